The first-order valence-electron chi connectivity index (χ1n) is 11.4. The molecule has 1 saturated heterocycles. The molecule has 0 saturated carbocycles. The van der Waals surface area contributed by atoms with Crippen LogP contribution in [0.4, 0.5) is 0 Å². The highest BCUT2D eigenvalue weighted by atomic mass is 16.5. The quantitative estimate of drug-likeness (QED) is 0.457. The van der Waals surface area contributed by atoms with Crippen LogP contribution in [0.1, 0.15) is 28.8 Å². The summed E-state index contributed by atoms with van der Waals surface area (Å²) in [6, 6.07) is 9.29. The Balaban J connectivity index is 1.73. The Labute approximate surface area is 199 Å². The fourth-order valence-corrected chi connectivity index (χ4v) is 4.76. The van der Waals surface area contributed by atoms with Crippen molar-refractivity contribution in [1.29, 1.82) is 0 Å². The Kier molecular flexibility index (Phi) is 7.29. The number of aliphatic hydroxyl groups excluding tert-OH is 1. The second-order valence-electron chi connectivity index (χ2n) is 8.38. The maximum atomic E-state index is 13.7. The van der Waals surface area contributed by atoms with Crippen molar-refractivity contribution in [3.63, 3.8) is 0 Å². The first-order valence-corrected chi connectivity index (χ1v) is 11.4. The summed E-state index contributed by atoms with van der Waals surface area (Å²) in [6.45, 7) is 2.64. The molecular weight excluding hydrogens is 436 g/mol. The molecule has 0 unspecified atom stereocenters. The molecule has 8 nitrogen and oxygen atoms in total. The van der Waals surface area contributed by atoms with Crippen LogP contribution in [0.25, 0.3) is 10.9 Å². The van der Waals surface area contributed by atoms with E-state index in [9.17, 15) is 9.90 Å². The first kappa shape index (κ1) is 23.9. The number of benzene rings is 2. The summed E-state index contributed by atoms with van der Waals surface area (Å²) in [5, 5.41) is 10.5. The van der Waals surface area contributed by atoms with Crippen molar-refractivity contribution < 1.29 is 28.8 Å². The number of fused-ring (bicyclic) bond motifs is 1. The summed E-state index contributed by atoms with van der Waals surface area (Å²) < 4.78 is 23.8. The van der Waals surface area contributed by atoms with Crippen LogP contribution in [-0.4, -0.2) is 74.5 Å². The van der Waals surface area contributed by atoms with E-state index < -0.39 is 0 Å². The number of rotatable bonds is 10. The number of aromatic nitrogens is 1. The average Bonchev–Trinajstić information content (AvgIpc) is 3.49. The molecule has 1 N–H and O–H groups in total. The van der Waals surface area contributed by atoms with Gasteiger partial charge in [0.25, 0.3) is 0 Å². The van der Waals surface area contributed by atoms with Crippen molar-refractivity contribution in [3.05, 3.63) is 47.7 Å². The molecule has 1 aliphatic rings. The van der Waals surface area contributed by atoms with Crippen molar-refractivity contribution >= 4 is 16.7 Å². The van der Waals surface area contributed by atoms with Gasteiger partial charge in [0.15, 0.2) is 17.3 Å². The van der Waals surface area contributed by atoms with Gasteiger partial charge in [0, 0.05) is 47.9 Å². The van der Waals surface area contributed by atoms with Crippen LogP contribution in [0.5, 0.6) is 23.0 Å². The molecule has 0 bridgehead atoms. The monoisotopic (exact) mass is 468 g/mol. The Morgan fingerprint density at radius 2 is 1.74 bits per heavy atom. The number of nitrogens with zero attached hydrogens (tertiary/aromatic N) is 2. The van der Waals surface area contributed by atoms with Crippen LogP contribution >= 0.6 is 0 Å². The standard InChI is InChI=1S/C26H32N2O6/c1-31-19-7-8-20-21(25(30)17-12-23(32-2)26(34-4)24(13-17)33-3)15-28(22(20)14-19)11-10-27-9-5-6-18(27)16-29/h7-8,12-15,18,29H,5-6,9-11,16H2,1-4H3/t18-/m1/s1. The van der Waals surface area contributed by atoms with Crippen molar-refractivity contribution in [2.24, 2.45) is 0 Å². The molecule has 34 heavy (non-hydrogen) atoms. The molecular formula is C26H32N2O6. The molecule has 1 aromatic heterocycles. The maximum absolute atomic E-state index is 13.7. The van der Waals surface area contributed by atoms with Gasteiger partial charge in [-0.3, -0.25) is 9.69 Å². The molecule has 0 radical (unpaired) electrons. The number of hydrogen-bond donors (Lipinski definition) is 1. The molecule has 2 aromatic carbocycles. The number of carbonyl (C=O) groups is 1. The van der Waals surface area contributed by atoms with Crippen molar-refractivity contribution in [1.82, 2.24) is 9.47 Å². The molecule has 0 aliphatic carbocycles. The van der Waals surface area contributed by atoms with Gasteiger partial charge in [-0.05, 0) is 43.7 Å². The van der Waals surface area contributed by atoms with Gasteiger partial charge < -0.3 is 28.6 Å². The lowest BCUT2D eigenvalue weighted by atomic mass is 10.0. The number of aliphatic hydroxyl groups is 1. The van der Waals surface area contributed by atoms with Gasteiger partial charge in [-0.2, -0.15) is 0 Å². The lowest BCUT2D eigenvalue weighted by Crippen LogP contribution is -2.34. The van der Waals surface area contributed by atoms with E-state index in [0.717, 1.165) is 42.6 Å². The number of likely N-dealkylation sites (tertiary alicyclic amines) is 1. The van der Waals surface area contributed by atoms with E-state index in [1.54, 1.807) is 19.2 Å². The maximum Gasteiger partial charge on any atom is 0.203 e. The van der Waals surface area contributed by atoms with Crippen molar-refractivity contribution in [3.8, 4) is 23.0 Å². The van der Waals surface area contributed by atoms with Gasteiger partial charge in [-0.25, -0.2) is 0 Å². The summed E-state index contributed by atoms with van der Waals surface area (Å²) in [5.74, 6) is 1.90. The smallest absolute Gasteiger partial charge is 0.203 e. The van der Waals surface area contributed by atoms with E-state index >= 15 is 0 Å². The molecule has 1 fully saturated rings. The van der Waals surface area contributed by atoms with E-state index in [1.165, 1.54) is 21.3 Å². The lowest BCUT2D eigenvalue weighted by molar-refractivity contribution is 0.103. The predicted octanol–water partition coefficient (Wildman–Crippen LogP) is 3.36. The first-order chi connectivity index (χ1) is 16.5. The van der Waals surface area contributed by atoms with Crippen molar-refractivity contribution in [2.75, 3.05) is 48.1 Å². The molecule has 0 amide bonds. The molecule has 182 valence electrons. The number of hydrogen-bond acceptors (Lipinski definition) is 7. The molecule has 1 aliphatic heterocycles. The van der Waals surface area contributed by atoms with Gasteiger partial charge >= 0.3 is 0 Å². The SMILES string of the molecule is COc1ccc2c(C(=O)c3cc(OC)c(OC)c(OC)c3)cn(CCN3CCC[C@@H]3CO)c2c1. The fraction of sp³-hybridized carbons (Fsp3) is 0.423. The average molecular weight is 469 g/mol. The molecule has 2 heterocycles. The summed E-state index contributed by atoms with van der Waals surface area (Å²) in [6.07, 6.45) is 4.01. The molecule has 3 aromatic rings. The minimum Gasteiger partial charge on any atom is -0.497 e. The van der Waals surface area contributed by atoms with Gasteiger partial charge in [-0.15, -0.1) is 0 Å². The summed E-state index contributed by atoms with van der Waals surface area (Å²) in [5.41, 5.74) is 1.96. The normalized spacial score (nSPS) is 16.1. The lowest BCUT2D eigenvalue weighted by Gasteiger charge is -2.23. The van der Waals surface area contributed by atoms with Crippen LogP contribution in [0.15, 0.2) is 36.5 Å². The summed E-state index contributed by atoms with van der Waals surface area (Å²) >= 11 is 0. The highest BCUT2D eigenvalue weighted by Gasteiger charge is 2.25. The molecule has 1 atom stereocenters. The second-order valence-corrected chi connectivity index (χ2v) is 8.38. The third-order valence-corrected chi connectivity index (χ3v) is 6.60. The Bertz CT molecular complexity index is 1150. The predicted molar refractivity (Wildman–Crippen MR) is 130 cm³/mol. The third-order valence-electron chi connectivity index (χ3n) is 6.60. The zero-order valence-electron chi connectivity index (χ0n) is 20.2. The van der Waals surface area contributed by atoms with E-state index in [2.05, 4.69) is 9.47 Å². The van der Waals surface area contributed by atoms with Crippen LogP contribution in [0, 0.1) is 0 Å². The van der Waals surface area contributed by atoms with Crippen LogP contribution in [-0.2, 0) is 6.54 Å². The van der Waals surface area contributed by atoms with Gasteiger partial charge in [0.1, 0.15) is 5.75 Å². The summed E-state index contributed by atoms with van der Waals surface area (Å²) in [4.78, 5) is 16.0. The van der Waals surface area contributed by atoms with E-state index in [0.29, 0.717) is 34.9 Å². The van der Waals surface area contributed by atoms with E-state index in [-0.39, 0.29) is 18.4 Å². The Morgan fingerprint density at radius 3 is 2.35 bits per heavy atom. The van der Waals surface area contributed by atoms with Crippen LogP contribution < -0.4 is 18.9 Å². The Hall–Kier alpha value is -3.23. The second kappa shape index (κ2) is 10.4. The topological polar surface area (TPSA) is 82.4 Å². The minimum atomic E-state index is -0.137. The van der Waals surface area contributed by atoms with E-state index in [1.807, 2.05) is 24.4 Å². The molecule has 8 heteroatoms. The number of methoxy groups -OCH3 is 4. The minimum absolute atomic E-state index is 0.137. The number of carbonyl (C=O) groups excluding carboxylic acids is 1. The fourth-order valence-electron chi connectivity index (χ4n) is 4.76. The zero-order valence-corrected chi connectivity index (χ0v) is 20.2. The van der Waals surface area contributed by atoms with Gasteiger partial charge in [0.05, 0.1) is 40.6 Å². The van der Waals surface area contributed by atoms with Crippen LogP contribution in [0.2, 0.25) is 0 Å². The largest absolute Gasteiger partial charge is 0.497 e. The van der Waals surface area contributed by atoms with Gasteiger partial charge in [-0.1, -0.05) is 0 Å². The van der Waals surface area contributed by atoms with Crippen LogP contribution in [0.3, 0.4) is 0 Å². The molecule has 0 spiro atoms. The highest BCUT2D eigenvalue weighted by Crippen LogP contribution is 2.39. The Morgan fingerprint density at radius 1 is 1.00 bits per heavy atom. The highest BCUT2D eigenvalue weighted by molar-refractivity contribution is 6.17. The number of ketones is 1. The molecule has 4 rings (SSSR count). The third kappa shape index (κ3) is 4.43. The van der Waals surface area contributed by atoms with Crippen molar-refractivity contribution in [2.45, 2.75) is 25.4 Å². The van der Waals surface area contributed by atoms with Gasteiger partial charge in [0.2, 0.25) is 5.75 Å². The zero-order chi connectivity index (χ0) is 24.2. The number of ether oxygens (including phenoxy) is 4. The summed E-state index contributed by atoms with van der Waals surface area (Å²) in [7, 11) is 6.22. The van der Waals surface area contributed by atoms with E-state index in [4.69, 9.17) is 18.9 Å².